The number of morpholine rings is 1. The molecule has 0 atom stereocenters. The minimum absolute atomic E-state index is 0.188. The Morgan fingerprint density at radius 3 is 2.86 bits per heavy atom. The molecule has 0 unspecified atom stereocenters. The summed E-state index contributed by atoms with van der Waals surface area (Å²) >= 11 is 0. The van der Waals surface area contributed by atoms with Crippen molar-refractivity contribution in [2.75, 3.05) is 36.5 Å². The van der Waals surface area contributed by atoms with Gasteiger partial charge in [-0.25, -0.2) is 9.18 Å². The van der Waals surface area contributed by atoms with Crippen LogP contribution < -0.4 is 10.2 Å². The summed E-state index contributed by atoms with van der Waals surface area (Å²) in [4.78, 5) is 16.8. The van der Waals surface area contributed by atoms with E-state index in [0.717, 1.165) is 24.5 Å². The van der Waals surface area contributed by atoms with E-state index in [1.54, 1.807) is 24.0 Å². The molecule has 1 fully saturated rings. The summed E-state index contributed by atoms with van der Waals surface area (Å²) in [5.74, 6) is -0.280. The molecule has 1 aromatic carbocycles. The number of hydrogen-bond acceptors (Lipinski definition) is 4. The van der Waals surface area contributed by atoms with E-state index in [9.17, 15) is 9.18 Å². The number of aromatic nitrogens is 2. The molecule has 28 heavy (non-hydrogen) atoms. The first kappa shape index (κ1) is 18.7. The largest absolute Gasteiger partial charge is 0.372 e. The first-order valence-electron chi connectivity index (χ1n) is 9.58. The highest BCUT2D eigenvalue weighted by molar-refractivity contribution is 5.89. The molecule has 0 saturated carbocycles. The maximum Gasteiger partial charge on any atom is 0.322 e. The number of benzene rings is 1. The zero-order valence-corrected chi connectivity index (χ0v) is 16.5. The fourth-order valence-corrected chi connectivity index (χ4v) is 3.82. The number of carbonyl (C=O) groups is 1. The Hall–Kier alpha value is -2.61. The van der Waals surface area contributed by atoms with Crippen LogP contribution in [0.4, 0.5) is 20.6 Å². The summed E-state index contributed by atoms with van der Waals surface area (Å²) in [6, 6.07) is 4.40. The van der Waals surface area contributed by atoms with Crippen molar-refractivity contribution in [1.29, 1.82) is 0 Å². The van der Waals surface area contributed by atoms with Crippen molar-refractivity contribution >= 4 is 17.4 Å². The summed E-state index contributed by atoms with van der Waals surface area (Å²) in [5.41, 5.74) is 2.99. The quantitative estimate of drug-likeness (QED) is 0.861. The predicted octanol–water partition coefficient (Wildman–Crippen LogP) is 2.99. The van der Waals surface area contributed by atoms with Gasteiger partial charge in [0.1, 0.15) is 5.82 Å². The summed E-state index contributed by atoms with van der Waals surface area (Å²) in [6.07, 6.45) is 1.89. The summed E-state index contributed by atoms with van der Waals surface area (Å²) in [7, 11) is 0. The van der Waals surface area contributed by atoms with Crippen LogP contribution >= 0.6 is 0 Å². The van der Waals surface area contributed by atoms with Crippen LogP contribution in [0, 0.1) is 12.7 Å². The molecule has 0 spiro atoms. The third-order valence-corrected chi connectivity index (χ3v) is 5.31. The first-order valence-corrected chi connectivity index (χ1v) is 9.58. The number of ether oxygens (including phenoxy) is 1. The van der Waals surface area contributed by atoms with Gasteiger partial charge in [-0.3, -0.25) is 4.68 Å². The second kappa shape index (κ2) is 7.09. The summed E-state index contributed by atoms with van der Waals surface area (Å²) < 4.78 is 21.2. The van der Waals surface area contributed by atoms with Crippen molar-refractivity contribution in [3.8, 4) is 0 Å². The third kappa shape index (κ3) is 3.69. The SMILES string of the molecule is Cc1cc(NC(=O)N2CCn3ncc(N4CCOC(C)(C)C4)c3C2)ccc1F. The number of carbonyl (C=O) groups excluding carboxylic acids is 1. The Kier molecular flexibility index (Phi) is 4.74. The molecule has 0 aliphatic carbocycles. The monoisotopic (exact) mass is 387 g/mol. The number of aryl methyl sites for hydroxylation is 1. The van der Waals surface area contributed by atoms with Crippen LogP contribution in [0.5, 0.6) is 0 Å². The highest BCUT2D eigenvalue weighted by Gasteiger charge is 2.31. The van der Waals surface area contributed by atoms with E-state index in [1.807, 2.05) is 10.9 Å². The molecule has 0 bridgehead atoms. The van der Waals surface area contributed by atoms with Gasteiger partial charge in [-0.05, 0) is 44.5 Å². The van der Waals surface area contributed by atoms with Gasteiger partial charge in [-0.15, -0.1) is 0 Å². The zero-order chi connectivity index (χ0) is 19.9. The topological polar surface area (TPSA) is 62.6 Å². The lowest BCUT2D eigenvalue weighted by atomic mass is 10.1. The predicted molar refractivity (Wildman–Crippen MR) is 105 cm³/mol. The van der Waals surface area contributed by atoms with Gasteiger partial charge in [-0.1, -0.05) is 0 Å². The van der Waals surface area contributed by atoms with Gasteiger partial charge in [0.15, 0.2) is 0 Å². The third-order valence-electron chi connectivity index (χ3n) is 5.31. The molecule has 3 heterocycles. The smallest absolute Gasteiger partial charge is 0.322 e. The van der Waals surface area contributed by atoms with E-state index in [-0.39, 0.29) is 17.4 Å². The van der Waals surface area contributed by atoms with E-state index in [2.05, 4.69) is 29.2 Å². The van der Waals surface area contributed by atoms with Crippen molar-refractivity contribution in [3.63, 3.8) is 0 Å². The molecule has 2 aliphatic heterocycles. The van der Waals surface area contributed by atoms with Crippen LogP contribution in [-0.4, -0.2) is 52.6 Å². The first-order chi connectivity index (χ1) is 13.3. The van der Waals surface area contributed by atoms with Crippen LogP contribution in [0.2, 0.25) is 0 Å². The molecule has 1 aromatic heterocycles. The average molecular weight is 387 g/mol. The number of fused-ring (bicyclic) bond motifs is 1. The second-order valence-corrected chi connectivity index (χ2v) is 8.05. The van der Waals surface area contributed by atoms with Gasteiger partial charge in [-0.2, -0.15) is 5.10 Å². The fraction of sp³-hybridized carbons (Fsp3) is 0.500. The summed E-state index contributed by atoms with van der Waals surface area (Å²) in [6.45, 7) is 9.83. The van der Waals surface area contributed by atoms with Crippen LogP contribution in [-0.2, 0) is 17.8 Å². The van der Waals surface area contributed by atoms with Gasteiger partial charge < -0.3 is 19.9 Å². The number of hydrogen-bond donors (Lipinski definition) is 1. The highest BCUT2D eigenvalue weighted by Crippen LogP contribution is 2.29. The zero-order valence-electron chi connectivity index (χ0n) is 16.5. The maximum absolute atomic E-state index is 13.5. The molecular formula is C20H26FN5O2. The van der Waals surface area contributed by atoms with Crippen LogP contribution in [0.25, 0.3) is 0 Å². The minimum atomic E-state index is -0.280. The maximum atomic E-state index is 13.5. The van der Waals surface area contributed by atoms with Crippen LogP contribution in [0.3, 0.4) is 0 Å². The average Bonchev–Trinajstić information content (AvgIpc) is 3.07. The molecular weight excluding hydrogens is 361 g/mol. The number of halogens is 1. The molecule has 7 nitrogen and oxygen atoms in total. The van der Waals surface area contributed by atoms with Crippen molar-refractivity contribution in [2.45, 2.75) is 39.5 Å². The lowest BCUT2D eigenvalue weighted by Gasteiger charge is -2.40. The van der Waals surface area contributed by atoms with Gasteiger partial charge in [0.2, 0.25) is 0 Å². The Labute approximate surface area is 164 Å². The standard InChI is InChI=1S/C20H26FN5O2/c1-14-10-15(4-5-16(14)21)23-19(27)24-6-7-26-18(12-24)17(11-22-26)25-8-9-28-20(2,3)13-25/h4-5,10-11H,6-9,12-13H2,1-3H3,(H,23,27). The van der Waals surface area contributed by atoms with Crippen molar-refractivity contribution in [3.05, 3.63) is 41.5 Å². The highest BCUT2D eigenvalue weighted by atomic mass is 19.1. The molecule has 1 N–H and O–H groups in total. The fourth-order valence-electron chi connectivity index (χ4n) is 3.82. The number of nitrogens with one attached hydrogen (secondary N) is 1. The second-order valence-electron chi connectivity index (χ2n) is 8.05. The van der Waals surface area contributed by atoms with Gasteiger partial charge in [0.05, 0.1) is 42.9 Å². The molecule has 150 valence electrons. The van der Waals surface area contributed by atoms with Crippen molar-refractivity contribution in [1.82, 2.24) is 14.7 Å². The Bertz CT molecular complexity index is 895. The molecule has 2 amide bonds. The molecule has 2 aliphatic rings. The molecule has 1 saturated heterocycles. The number of rotatable bonds is 2. The number of anilines is 2. The van der Waals surface area contributed by atoms with Gasteiger partial charge in [0.25, 0.3) is 0 Å². The van der Waals surface area contributed by atoms with Crippen LogP contribution in [0.1, 0.15) is 25.1 Å². The van der Waals surface area contributed by atoms with Gasteiger partial charge in [0, 0.05) is 25.3 Å². The van der Waals surface area contributed by atoms with Crippen molar-refractivity contribution in [2.24, 2.45) is 0 Å². The molecule has 2 aromatic rings. The van der Waals surface area contributed by atoms with Crippen LogP contribution in [0.15, 0.2) is 24.4 Å². The lowest BCUT2D eigenvalue weighted by Crippen LogP contribution is -2.49. The number of urea groups is 1. The molecule has 8 heteroatoms. The Morgan fingerprint density at radius 1 is 1.29 bits per heavy atom. The van der Waals surface area contributed by atoms with E-state index in [0.29, 0.717) is 37.5 Å². The Balaban J connectivity index is 1.49. The number of amides is 2. The summed E-state index contributed by atoms with van der Waals surface area (Å²) in [5, 5.41) is 7.38. The number of nitrogens with zero attached hydrogens (tertiary/aromatic N) is 4. The minimum Gasteiger partial charge on any atom is -0.372 e. The molecule has 0 radical (unpaired) electrons. The normalized spacial score (nSPS) is 18.7. The molecule has 4 rings (SSSR count). The van der Waals surface area contributed by atoms with Gasteiger partial charge >= 0.3 is 6.03 Å². The van der Waals surface area contributed by atoms with E-state index < -0.39 is 0 Å². The van der Waals surface area contributed by atoms with E-state index >= 15 is 0 Å². The van der Waals surface area contributed by atoms with E-state index in [4.69, 9.17) is 4.74 Å². The van der Waals surface area contributed by atoms with E-state index in [1.165, 1.54) is 6.07 Å². The van der Waals surface area contributed by atoms with Crippen molar-refractivity contribution < 1.29 is 13.9 Å². The Morgan fingerprint density at radius 2 is 2.11 bits per heavy atom. The lowest BCUT2D eigenvalue weighted by molar-refractivity contribution is -0.0277.